The first kappa shape index (κ1) is 12.8. The van der Waals surface area contributed by atoms with E-state index >= 15 is 0 Å². The zero-order valence-corrected chi connectivity index (χ0v) is 10.8. The largest absolute Gasteiger partial charge is 0.292 e. The summed E-state index contributed by atoms with van der Waals surface area (Å²) in [5, 5.41) is 4.68. The lowest BCUT2D eigenvalue weighted by molar-refractivity contribution is 0.0963. The highest BCUT2D eigenvalue weighted by molar-refractivity contribution is 6.31. The molecule has 0 saturated heterocycles. The highest BCUT2D eigenvalue weighted by atomic mass is 35.5. The standard InChI is InChI=1S/C13H12ClFN2O/c1-8-13(14)9(2)17(16-8)7-12(18)10-5-3-4-6-11(10)15/h3-6H,7H2,1-2H3. The van der Waals surface area contributed by atoms with Crippen LogP contribution in [-0.2, 0) is 6.54 Å². The van der Waals surface area contributed by atoms with E-state index in [0.717, 1.165) is 0 Å². The highest BCUT2D eigenvalue weighted by Crippen LogP contribution is 2.19. The molecule has 3 nitrogen and oxygen atoms in total. The third-order valence-corrected chi connectivity index (χ3v) is 3.31. The zero-order valence-electron chi connectivity index (χ0n) is 10.1. The molecule has 0 fully saturated rings. The smallest absolute Gasteiger partial charge is 0.187 e. The van der Waals surface area contributed by atoms with Crippen LogP contribution in [0.4, 0.5) is 4.39 Å². The molecule has 0 aliphatic carbocycles. The number of hydrogen-bond acceptors (Lipinski definition) is 2. The van der Waals surface area contributed by atoms with Crippen molar-refractivity contribution in [3.8, 4) is 0 Å². The molecular formula is C13H12ClFN2O. The molecule has 0 atom stereocenters. The van der Waals surface area contributed by atoms with Crippen molar-refractivity contribution in [1.29, 1.82) is 0 Å². The second kappa shape index (κ2) is 4.90. The Morgan fingerprint density at radius 3 is 2.61 bits per heavy atom. The van der Waals surface area contributed by atoms with E-state index in [4.69, 9.17) is 11.6 Å². The number of aryl methyl sites for hydroxylation is 1. The van der Waals surface area contributed by atoms with Gasteiger partial charge in [0, 0.05) is 0 Å². The van der Waals surface area contributed by atoms with E-state index in [-0.39, 0.29) is 17.9 Å². The lowest BCUT2D eigenvalue weighted by Gasteiger charge is -2.04. The molecule has 2 rings (SSSR count). The Morgan fingerprint density at radius 2 is 2.06 bits per heavy atom. The summed E-state index contributed by atoms with van der Waals surface area (Å²) in [6.07, 6.45) is 0. The molecule has 94 valence electrons. The van der Waals surface area contributed by atoms with Gasteiger partial charge in [0.2, 0.25) is 0 Å². The summed E-state index contributed by atoms with van der Waals surface area (Å²) < 4.78 is 14.9. The van der Waals surface area contributed by atoms with Crippen molar-refractivity contribution in [3.05, 3.63) is 52.1 Å². The van der Waals surface area contributed by atoms with Crippen molar-refractivity contribution >= 4 is 17.4 Å². The number of carbonyl (C=O) groups is 1. The van der Waals surface area contributed by atoms with Gasteiger partial charge >= 0.3 is 0 Å². The van der Waals surface area contributed by atoms with Gasteiger partial charge in [-0.15, -0.1) is 0 Å². The Hall–Kier alpha value is -1.68. The Bertz CT molecular complexity index is 607. The summed E-state index contributed by atoms with van der Waals surface area (Å²) in [7, 11) is 0. The van der Waals surface area contributed by atoms with E-state index in [1.54, 1.807) is 26.0 Å². The monoisotopic (exact) mass is 266 g/mol. The molecule has 0 saturated carbocycles. The van der Waals surface area contributed by atoms with Gasteiger partial charge in [-0.05, 0) is 26.0 Å². The molecule has 1 heterocycles. The predicted octanol–water partition coefficient (Wildman–Crippen LogP) is 3.18. The SMILES string of the molecule is Cc1nn(CC(=O)c2ccccc2F)c(C)c1Cl. The van der Waals surface area contributed by atoms with Gasteiger partial charge in [-0.2, -0.15) is 5.10 Å². The molecule has 0 bridgehead atoms. The number of rotatable bonds is 3. The fourth-order valence-corrected chi connectivity index (χ4v) is 1.87. The minimum Gasteiger partial charge on any atom is -0.292 e. The van der Waals surface area contributed by atoms with Gasteiger partial charge < -0.3 is 0 Å². The van der Waals surface area contributed by atoms with Crippen LogP contribution < -0.4 is 0 Å². The van der Waals surface area contributed by atoms with E-state index in [0.29, 0.717) is 16.4 Å². The molecule has 0 unspecified atom stereocenters. The van der Waals surface area contributed by atoms with E-state index in [2.05, 4.69) is 5.10 Å². The van der Waals surface area contributed by atoms with Crippen LogP contribution in [0.2, 0.25) is 5.02 Å². The number of ketones is 1. The third-order valence-electron chi connectivity index (χ3n) is 2.76. The summed E-state index contributed by atoms with van der Waals surface area (Å²) >= 11 is 5.99. The maximum atomic E-state index is 13.5. The van der Waals surface area contributed by atoms with Gasteiger partial charge in [0.1, 0.15) is 12.4 Å². The van der Waals surface area contributed by atoms with E-state index in [1.165, 1.54) is 16.8 Å². The van der Waals surface area contributed by atoms with Crippen molar-refractivity contribution in [2.75, 3.05) is 0 Å². The number of hydrogen-bond donors (Lipinski definition) is 0. The normalized spacial score (nSPS) is 10.7. The number of Topliss-reactive ketones (excluding diaryl/α,β-unsaturated/α-hetero) is 1. The minimum atomic E-state index is -0.518. The maximum absolute atomic E-state index is 13.5. The molecule has 0 aliphatic heterocycles. The number of aromatic nitrogens is 2. The highest BCUT2D eigenvalue weighted by Gasteiger charge is 2.15. The second-order valence-corrected chi connectivity index (χ2v) is 4.42. The topological polar surface area (TPSA) is 34.9 Å². The molecule has 5 heteroatoms. The lowest BCUT2D eigenvalue weighted by atomic mass is 10.1. The van der Waals surface area contributed by atoms with Crippen LogP contribution in [-0.4, -0.2) is 15.6 Å². The molecule has 0 N–H and O–H groups in total. The molecule has 0 spiro atoms. The number of nitrogens with zero attached hydrogens (tertiary/aromatic N) is 2. The molecule has 18 heavy (non-hydrogen) atoms. The Balaban J connectivity index is 2.27. The second-order valence-electron chi connectivity index (χ2n) is 4.05. The minimum absolute atomic E-state index is 0.0136. The third kappa shape index (κ3) is 2.29. The first-order valence-electron chi connectivity index (χ1n) is 5.48. The number of halogens is 2. The molecule has 1 aromatic carbocycles. The quantitative estimate of drug-likeness (QED) is 0.800. The van der Waals surface area contributed by atoms with E-state index in [9.17, 15) is 9.18 Å². The van der Waals surface area contributed by atoms with Crippen molar-refractivity contribution in [3.63, 3.8) is 0 Å². The van der Waals surface area contributed by atoms with Crippen molar-refractivity contribution in [2.45, 2.75) is 20.4 Å². The number of carbonyl (C=O) groups excluding carboxylic acids is 1. The predicted molar refractivity (Wildman–Crippen MR) is 67.4 cm³/mol. The number of benzene rings is 1. The molecular weight excluding hydrogens is 255 g/mol. The van der Waals surface area contributed by atoms with Crippen LogP contribution in [0.1, 0.15) is 21.7 Å². The first-order valence-corrected chi connectivity index (χ1v) is 5.85. The van der Waals surface area contributed by atoms with Crippen molar-refractivity contribution in [2.24, 2.45) is 0 Å². The van der Waals surface area contributed by atoms with Crippen LogP contribution in [0.5, 0.6) is 0 Å². The van der Waals surface area contributed by atoms with Gasteiger partial charge in [-0.3, -0.25) is 9.48 Å². The van der Waals surface area contributed by atoms with Crippen molar-refractivity contribution in [1.82, 2.24) is 9.78 Å². The van der Waals surface area contributed by atoms with Crippen molar-refractivity contribution < 1.29 is 9.18 Å². The average molecular weight is 267 g/mol. The van der Waals surface area contributed by atoms with Gasteiger partial charge in [0.25, 0.3) is 0 Å². The van der Waals surface area contributed by atoms with Gasteiger partial charge in [0.15, 0.2) is 5.78 Å². The molecule has 2 aromatic rings. The fraction of sp³-hybridized carbons (Fsp3) is 0.231. The zero-order chi connectivity index (χ0) is 13.3. The average Bonchev–Trinajstić information content (AvgIpc) is 2.57. The lowest BCUT2D eigenvalue weighted by Crippen LogP contribution is -2.14. The van der Waals surface area contributed by atoms with Crippen LogP contribution in [0.25, 0.3) is 0 Å². The van der Waals surface area contributed by atoms with Gasteiger partial charge in [-0.25, -0.2) is 4.39 Å². The van der Waals surface area contributed by atoms with Gasteiger partial charge in [0.05, 0.1) is 22.0 Å². The molecule has 0 amide bonds. The summed E-state index contributed by atoms with van der Waals surface area (Å²) in [6.45, 7) is 3.52. The van der Waals surface area contributed by atoms with Crippen LogP contribution in [0.3, 0.4) is 0 Å². The Labute approximate surface area is 109 Å². The summed E-state index contributed by atoms with van der Waals surface area (Å²) in [5.74, 6) is -0.842. The van der Waals surface area contributed by atoms with E-state index in [1.807, 2.05) is 0 Å². The Kier molecular flexibility index (Phi) is 3.48. The summed E-state index contributed by atoms with van der Waals surface area (Å²) in [4.78, 5) is 12.0. The molecule has 1 aromatic heterocycles. The van der Waals surface area contributed by atoms with E-state index < -0.39 is 5.82 Å². The maximum Gasteiger partial charge on any atom is 0.187 e. The van der Waals surface area contributed by atoms with Crippen LogP contribution in [0.15, 0.2) is 24.3 Å². The van der Waals surface area contributed by atoms with Gasteiger partial charge in [-0.1, -0.05) is 23.7 Å². The first-order chi connectivity index (χ1) is 8.50. The van der Waals surface area contributed by atoms with Crippen LogP contribution >= 0.6 is 11.6 Å². The fourth-order valence-electron chi connectivity index (χ4n) is 1.74. The molecule has 0 radical (unpaired) electrons. The molecule has 0 aliphatic rings. The summed E-state index contributed by atoms with van der Waals surface area (Å²) in [5.41, 5.74) is 1.44. The Morgan fingerprint density at radius 1 is 1.39 bits per heavy atom. The van der Waals surface area contributed by atoms with Crippen LogP contribution in [0, 0.1) is 19.7 Å². The summed E-state index contributed by atoms with van der Waals surface area (Å²) in [6, 6.07) is 5.91.